The van der Waals surface area contributed by atoms with Gasteiger partial charge >= 0.3 is 0 Å². The zero-order valence-corrected chi connectivity index (χ0v) is 13.8. The van der Waals surface area contributed by atoms with Crippen LogP contribution in [0.4, 0.5) is 0 Å². The van der Waals surface area contributed by atoms with Gasteiger partial charge in [0.25, 0.3) is 0 Å². The van der Waals surface area contributed by atoms with E-state index in [-0.39, 0.29) is 0 Å². The fourth-order valence-corrected chi connectivity index (χ4v) is 2.89. The summed E-state index contributed by atoms with van der Waals surface area (Å²) < 4.78 is 11.1. The number of fused-ring (bicyclic) bond motifs is 1. The second-order valence-electron chi connectivity index (χ2n) is 5.97. The fraction of sp³-hybridized carbons (Fsp3) is 0.350. The minimum absolute atomic E-state index is 0.764. The molecule has 1 heterocycles. The molecule has 0 saturated carbocycles. The fourth-order valence-electron chi connectivity index (χ4n) is 2.89. The first-order valence-corrected chi connectivity index (χ1v) is 8.27. The predicted octanol–water partition coefficient (Wildman–Crippen LogP) is 5.24. The molecule has 23 heavy (non-hydrogen) atoms. The van der Waals surface area contributed by atoms with Gasteiger partial charge in [0.15, 0.2) is 0 Å². The number of benzene rings is 2. The Balaban J connectivity index is 1.41. The molecule has 0 N–H and O–H groups in total. The minimum atomic E-state index is 0.764. The Morgan fingerprint density at radius 2 is 1.78 bits per heavy atom. The van der Waals surface area contributed by atoms with Crippen molar-refractivity contribution in [3.63, 3.8) is 0 Å². The van der Waals surface area contributed by atoms with Gasteiger partial charge in [-0.05, 0) is 62.4 Å². The van der Waals surface area contributed by atoms with E-state index in [0.29, 0.717) is 0 Å². The number of hydrogen-bond acceptors (Lipinski definition) is 3. The molecular weight excluding hydrogens is 286 g/mol. The lowest BCUT2D eigenvalue weighted by Crippen LogP contribution is -1.98. The Kier molecular flexibility index (Phi) is 4.96. The van der Waals surface area contributed by atoms with Gasteiger partial charge in [0, 0.05) is 5.56 Å². The lowest BCUT2D eigenvalue weighted by Gasteiger charge is -2.07. The van der Waals surface area contributed by atoms with Gasteiger partial charge in [-0.3, -0.25) is 0 Å². The van der Waals surface area contributed by atoms with Crippen LogP contribution in [0.25, 0.3) is 10.8 Å². The maximum absolute atomic E-state index is 5.87. The smallest absolute Gasteiger partial charge is 0.137 e. The summed E-state index contributed by atoms with van der Waals surface area (Å²) in [5.74, 6) is 1.91. The van der Waals surface area contributed by atoms with Crippen LogP contribution in [0.5, 0.6) is 5.75 Å². The van der Waals surface area contributed by atoms with Gasteiger partial charge in [0.1, 0.15) is 11.5 Å². The average molecular weight is 309 g/mol. The molecule has 2 aromatic carbocycles. The van der Waals surface area contributed by atoms with E-state index in [1.165, 1.54) is 16.3 Å². The highest BCUT2D eigenvalue weighted by Crippen LogP contribution is 2.21. The maximum Gasteiger partial charge on any atom is 0.137 e. The third-order valence-corrected chi connectivity index (χ3v) is 4.24. The van der Waals surface area contributed by atoms with Gasteiger partial charge in [0.05, 0.1) is 12.3 Å². The summed E-state index contributed by atoms with van der Waals surface area (Å²) in [5, 5.41) is 6.47. The zero-order chi connectivity index (χ0) is 16.1. The van der Waals surface area contributed by atoms with Gasteiger partial charge < -0.3 is 9.26 Å². The number of aromatic nitrogens is 1. The molecule has 3 heteroatoms. The van der Waals surface area contributed by atoms with Crippen molar-refractivity contribution in [1.82, 2.24) is 5.16 Å². The van der Waals surface area contributed by atoms with Gasteiger partial charge in [-0.1, -0.05) is 35.5 Å². The summed E-state index contributed by atoms with van der Waals surface area (Å²) in [6.07, 6.45) is 4.40. The Labute approximate surface area is 137 Å². The molecule has 0 saturated heterocycles. The second kappa shape index (κ2) is 7.32. The predicted molar refractivity (Wildman–Crippen MR) is 93.0 cm³/mol. The monoisotopic (exact) mass is 309 g/mol. The van der Waals surface area contributed by atoms with Gasteiger partial charge in [-0.25, -0.2) is 0 Å². The number of unbranched alkanes of at least 4 members (excludes halogenated alkanes) is 2. The van der Waals surface area contributed by atoms with E-state index in [2.05, 4.69) is 41.6 Å². The second-order valence-corrected chi connectivity index (χ2v) is 5.97. The first kappa shape index (κ1) is 15.6. The topological polar surface area (TPSA) is 35.3 Å². The van der Waals surface area contributed by atoms with Crippen LogP contribution in [0, 0.1) is 13.8 Å². The first-order chi connectivity index (χ1) is 11.2. The molecule has 0 amide bonds. The standard InChI is InChI=1S/C20H23NO2/c1-15-20(16(2)23-21-15)10-4-3-7-13-22-19-12-11-17-8-5-6-9-18(17)14-19/h5-6,8-9,11-12,14H,3-4,7,10,13H2,1-2H3. The molecule has 0 spiro atoms. The molecule has 3 aromatic rings. The summed E-state index contributed by atoms with van der Waals surface area (Å²) in [7, 11) is 0. The molecule has 1 aromatic heterocycles. The number of hydrogen-bond donors (Lipinski definition) is 0. The summed E-state index contributed by atoms with van der Waals surface area (Å²) in [6, 6.07) is 14.6. The number of ether oxygens (including phenoxy) is 1. The Bertz CT molecular complexity index is 757. The van der Waals surface area contributed by atoms with Crippen molar-refractivity contribution in [2.24, 2.45) is 0 Å². The molecule has 3 nitrogen and oxygen atoms in total. The summed E-state index contributed by atoms with van der Waals surface area (Å²) in [6.45, 7) is 4.76. The Morgan fingerprint density at radius 1 is 0.957 bits per heavy atom. The van der Waals surface area contributed by atoms with E-state index in [4.69, 9.17) is 9.26 Å². The van der Waals surface area contributed by atoms with E-state index in [1.54, 1.807) is 0 Å². The largest absolute Gasteiger partial charge is 0.494 e. The SMILES string of the molecule is Cc1noc(C)c1CCCCCOc1ccc2ccccc2c1. The molecule has 0 bridgehead atoms. The van der Waals surface area contributed by atoms with Crippen LogP contribution in [0.15, 0.2) is 47.0 Å². The summed E-state index contributed by atoms with van der Waals surface area (Å²) in [4.78, 5) is 0. The van der Waals surface area contributed by atoms with Crippen LogP contribution in [0.3, 0.4) is 0 Å². The highest BCUT2D eigenvalue weighted by Gasteiger charge is 2.07. The average Bonchev–Trinajstić information content (AvgIpc) is 2.89. The molecular formula is C20H23NO2. The van der Waals surface area contributed by atoms with Crippen molar-refractivity contribution >= 4 is 10.8 Å². The summed E-state index contributed by atoms with van der Waals surface area (Å²) in [5.41, 5.74) is 2.29. The Morgan fingerprint density at radius 3 is 2.57 bits per heavy atom. The van der Waals surface area contributed by atoms with Crippen LogP contribution in [-0.2, 0) is 6.42 Å². The normalized spacial score (nSPS) is 11.0. The lowest BCUT2D eigenvalue weighted by atomic mass is 10.1. The minimum Gasteiger partial charge on any atom is -0.494 e. The van der Waals surface area contributed by atoms with Crippen molar-refractivity contribution in [3.8, 4) is 5.75 Å². The lowest BCUT2D eigenvalue weighted by molar-refractivity contribution is 0.305. The van der Waals surface area contributed by atoms with Crippen molar-refractivity contribution in [1.29, 1.82) is 0 Å². The molecule has 0 aliphatic carbocycles. The van der Waals surface area contributed by atoms with E-state index >= 15 is 0 Å². The molecule has 0 radical (unpaired) electrons. The van der Waals surface area contributed by atoms with Crippen LogP contribution < -0.4 is 4.74 Å². The molecule has 0 unspecified atom stereocenters. The van der Waals surface area contributed by atoms with Gasteiger partial charge in [0.2, 0.25) is 0 Å². The van der Waals surface area contributed by atoms with E-state index in [1.807, 2.05) is 19.9 Å². The molecule has 0 atom stereocenters. The van der Waals surface area contributed by atoms with Crippen LogP contribution >= 0.6 is 0 Å². The molecule has 0 aliphatic rings. The number of aryl methyl sites for hydroxylation is 2. The highest BCUT2D eigenvalue weighted by molar-refractivity contribution is 5.83. The molecule has 120 valence electrons. The van der Waals surface area contributed by atoms with Crippen LogP contribution in [0.1, 0.15) is 36.3 Å². The maximum atomic E-state index is 5.87. The molecule has 0 fully saturated rings. The third kappa shape index (κ3) is 3.92. The van der Waals surface area contributed by atoms with E-state index in [9.17, 15) is 0 Å². The molecule has 0 aliphatic heterocycles. The quantitative estimate of drug-likeness (QED) is 0.560. The van der Waals surface area contributed by atoms with E-state index < -0.39 is 0 Å². The van der Waals surface area contributed by atoms with Crippen molar-refractivity contribution in [3.05, 3.63) is 59.5 Å². The first-order valence-electron chi connectivity index (χ1n) is 8.27. The third-order valence-electron chi connectivity index (χ3n) is 4.24. The summed E-state index contributed by atoms with van der Waals surface area (Å²) >= 11 is 0. The van der Waals surface area contributed by atoms with Gasteiger partial charge in [-0.2, -0.15) is 0 Å². The van der Waals surface area contributed by atoms with Gasteiger partial charge in [-0.15, -0.1) is 0 Å². The van der Waals surface area contributed by atoms with Crippen LogP contribution in [-0.4, -0.2) is 11.8 Å². The zero-order valence-electron chi connectivity index (χ0n) is 13.8. The van der Waals surface area contributed by atoms with Crippen molar-refractivity contribution in [2.75, 3.05) is 6.61 Å². The Hall–Kier alpha value is -2.29. The van der Waals surface area contributed by atoms with Crippen molar-refractivity contribution < 1.29 is 9.26 Å². The number of rotatable bonds is 7. The van der Waals surface area contributed by atoms with Crippen molar-refractivity contribution in [2.45, 2.75) is 39.5 Å². The van der Waals surface area contributed by atoms with E-state index in [0.717, 1.165) is 49.5 Å². The highest BCUT2D eigenvalue weighted by atomic mass is 16.5. The number of nitrogens with zero attached hydrogens (tertiary/aromatic N) is 1. The molecule has 3 rings (SSSR count). The van der Waals surface area contributed by atoms with Crippen LogP contribution in [0.2, 0.25) is 0 Å².